The monoisotopic (exact) mass is 389 g/mol. The lowest BCUT2D eigenvalue weighted by Gasteiger charge is -2.20. The molecule has 2 atom stereocenters. The highest BCUT2D eigenvalue weighted by atomic mass is 16.5. The Bertz CT molecular complexity index is 879. The third kappa shape index (κ3) is 6.47. The summed E-state index contributed by atoms with van der Waals surface area (Å²) in [6, 6.07) is 26.7. The van der Waals surface area contributed by atoms with Crippen molar-refractivity contribution in [3.8, 4) is 11.5 Å². The van der Waals surface area contributed by atoms with E-state index in [1.165, 1.54) is 0 Å². The number of carbonyl (C=O) groups excluding carboxylic acids is 1. The molecule has 1 N–H and O–H groups in total. The van der Waals surface area contributed by atoms with Crippen LogP contribution in [0.25, 0.3) is 0 Å². The fraction of sp³-hybridized carbons (Fsp3) is 0.240. The molecule has 0 saturated carbocycles. The van der Waals surface area contributed by atoms with E-state index in [0.29, 0.717) is 18.8 Å². The lowest BCUT2D eigenvalue weighted by molar-refractivity contribution is 0.0940. The predicted molar refractivity (Wildman–Crippen MR) is 116 cm³/mol. The third-order valence-corrected chi connectivity index (χ3v) is 4.56. The van der Waals surface area contributed by atoms with Gasteiger partial charge < -0.3 is 14.8 Å². The van der Waals surface area contributed by atoms with Crippen LogP contribution in [-0.2, 0) is 6.61 Å². The number of para-hydroxylation sites is 1. The summed E-state index contributed by atoms with van der Waals surface area (Å²) < 4.78 is 11.5. The second-order valence-electron chi connectivity index (χ2n) is 7.08. The number of carbonyl (C=O) groups is 1. The molecule has 4 nitrogen and oxygen atoms in total. The molecule has 0 unspecified atom stereocenters. The van der Waals surface area contributed by atoms with E-state index in [4.69, 9.17) is 9.47 Å². The highest BCUT2D eigenvalue weighted by Gasteiger charge is 2.17. The molecule has 4 heteroatoms. The Balaban J connectivity index is 1.47. The van der Waals surface area contributed by atoms with E-state index >= 15 is 0 Å². The SMILES string of the molecule is C[C@H](COc1ccccc1)N[C@H](C)C(=O)c1ccc(OCc2ccccc2)cc1. The second kappa shape index (κ2) is 10.4. The molecule has 0 spiro atoms. The van der Waals surface area contributed by atoms with E-state index < -0.39 is 0 Å². The van der Waals surface area contributed by atoms with Gasteiger partial charge in [-0.05, 0) is 55.8 Å². The molecule has 0 amide bonds. The molecule has 150 valence electrons. The Morgan fingerprint density at radius 3 is 2.03 bits per heavy atom. The van der Waals surface area contributed by atoms with E-state index in [1.54, 1.807) is 0 Å². The van der Waals surface area contributed by atoms with Crippen LogP contribution in [-0.4, -0.2) is 24.5 Å². The quantitative estimate of drug-likeness (QED) is 0.501. The first-order chi connectivity index (χ1) is 14.1. The number of nitrogens with one attached hydrogen (secondary N) is 1. The molecule has 0 aliphatic rings. The predicted octanol–water partition coefficient (Wildman–Crippen LogP) is 4.89. The van der Waals surface area contributed by atoms with E-state index in [-0.39, 0.29) is 17.9 Å². The van der Waals surface area contributed by atoms with Crippen LogP contribution in [0.2, 0.25) is 0 Å². The number of rotatable bonds is 10. The summed E-state index contributed by atoms with van der Waals surface area (Å²) in [6.45, 7) is 4.88. The zero-order chi connectivity index (χ0) is 20.5. The summed E-state index contributed by atoms with van der Waals surface area (Å²) in [5.41, 5.74) is 1.77. The Labute approximate surface area is 172 Å². The van der Waals surface area contributed by atoms with Crippen LogP contribution in [0.15, 0.2) is 84.9 Å². The van der Waals surface area contributed by atoms with Gasteiger partial charge in [0, 0.05) is 11.6 Å². The molecule has 29 heavy (non-hydrogen) atoms. The average Bonchev–Trinajstić information content (AvgIpc) is 2.77. The second-order valence-corrected chi connectivity index (χ2v) is 7.08. The summed E-state index contributed by atoms with van der Waals surface area (Å²) in [6.07, 6.45) is 0. The van der Waals surface area contributed by atoms with Gasteiger partial charge in [-0.2, -0.15) is 0 Å². The van der Waals surface area contributed by atoms with Crippen LogP contribution in [0.3, 0.4) is 0 Å². The largest absolute Gasteiger partial charge is 0.492 e. The van der Waals surface area contributed by atoms with Crippen molar-refractivity contribution < 1.29 is 14.3 Å². The molecule has 0 heterocycles. The Hall–Kier alpha value is -3.11. The van der Waals surface area contributed by atoms with Crippen molar-refractivity contribution in [2.45, 2.75) is 32.5 Å². The first kappa shape index (κ1) is 20.6. The summed E-state index contributed by atoms with van der Waals surface area (Å²) in [4.78, 5) is 12.7. The van der Waals surface area contributed by atoms with Crippen molar-refractivity contribution in [2.75, 3.05) is 6.61 Å². The van der Waals surface area contributed by atoms with Gasteiger partial charge >= 0.3 is 0 Å². The maximum atomic E-state index is 12.7. The lowest BCUT2D eigenvalue weighted by Crippen LogP contribution is -2.42. The van der Waals surface area contributed by atoms with E-state index in [2.05, 4.69) is 5.32 Å². The van der Waals surface area contributed by atoms with Crippen LogP contribution in [0.1, 0.15) is 29.8 Å². The fourth-order valence-electron chi connectivity index (χ4n) is 2.99. The van der Waals surface area contributed by atoms with Crippen LogP contribution in [0.4, 0.5) is 0 Å². The first-order valence-corrected chi connectivity index (χ1v) is 9.86. The minimum absolute atomic E-state index is 0.0441. The molecule has 0 bridgehead atoms. The van der Waals surface area contributed by atoms with Gasteiger partial charge in [-0.25, -0.2) is 0 Å². The summed E-state index contributed by atoms with van der Waals surface area (Å²) in [5.74, 6) is 1.62. The first-order valence-electron chi connectivity index (χ1n) is 9.86. The van der Waals surface area contributed by atoms with Gasteiger partial charge in [0.1, 0.15) is 24.7 Å². The van der Waals surface area contributed by atoms with E-state index in [0.717, 1.165) is 17.1 Å². The van der Waals surface area contributed by atoms with Crippen LogP contribution in [0.5, 0.6) is 11.5 Å². The van der Waals surface area contributed by atoms with Crippen molar-refractivity contribution in [3.05, 3.63) is 96.1 Å². The molecular formula is C25H27NO3. The van der Waals surface area contributed by atoms with Gasteiger partial charge in [-0.1, -0.05) is 48.5 Å². The number of Topliss-reactive ketones (excluding diaryl/α,β-unsaturated/α-hetero) is 1. The van der Waals surface area contributed by atoms with E-state index in [9.17, 15) is 4.79 Å². The molecule has 3 aromatic rings. The summed E-state index contributed by atoms with van der Waals surface area (Å²) in [7, 11) is 0. The van der Waals surface area contributed by atoms with Gasteiger partial charge in [-0.3, -0.25) is 4.79 Å². The van der Waals surface area contributed by atoms with Gasteiger partial charge in [0.2, 0.25) is 0 Å². The molecule has 0 fully saturated rings. The Morgan fingerprint density at radius 1 is 0.793 bits per heavy atom. The Morgan fingerprint density at radius 2 is 1.38 bits per heavy atom. The van der Waals surface area contributed by atoms with Crippen molar-refractivity contribution in [3.63, 3.8) is 0 Å². The number of ketones is 1. The number of ether oxygens (including phenoxy) is 2. The number of hydrogen-bond acceptors (Lipinski definition) is 4. The van der Waals surface area contributed by atoms with Crippen molar-refractivity contribution >= 4 is 5.78 Å². The van der Waals surface area contributed by atoms with Crippen LogP contribution >= 0.6 is 0 Å². The molecule has 3 rings (SSSR count). The zero-order valence-corrected chi connectivity index (χ0v) is 16.9. The highest BCUT2D eigenvalue weighted by molar-refractivity contribution is 5.99. The van der Waals surface area contributed by atoms with Gasteiger partial charge in [0.05, 0.1) is 6.04 Å². The molecule has 0 aliphatic heterocycles. The molecular weight excluding hydrogens is 362 g/mol. The smallest absolute Gasteiger partial charge is 0.179 e. The fourth-order valence-corrected chi connectivity index (χ4v) is 2.99. The molecule has 0 saturated heterocycles. The zero-order valence-electron chi connectivity index (χ0n) is 16.9. The third-order valence-electron chi connectivity index (χ3n) is 4.56. The topological polar surface area (TPSA) is 47.6 Å². The van der Waals surface area contributed by atoms with Gasteiger partial charge in [-0.15, -0.1) is 0 Å². The van der Waals surface area contributed by atoms with Gasteiger partial charge in [0.15, 0.2) is 5.78 Å². The Kier molecular flexibility index (Phi) is 7.42. The standard InChI is InChI=1S/C25H27NO3/c1-19(17-28-23-11-7-4-8-12-23)26-20(2)25(27)22-13-15-24(16-14-22)29-18-21-9-5-3-6-10-21/h3-16,19-20,26H,17-18H2,1-2H3/t19-,20-/m1/s1. The van der Waals surface area contributed by atoms with Crippen LogP contribution in [0, 0.1) is 0 Å². The minimum Gasteiger partial charge on any atom is -0.492 e. The number of benzene rings is 3. The minimum atomic E-state index is -0.305. The van der Waals surface area contributed by atoms with Gasteiger partial charge in [0.25, 0.3) is 0 Å². The molecule has 0 aromatic heterocycles. The maximum Gasteiger partial charge on any atom is 0.179 e. The van der Waals surface area contributed by atoms with Crippen molar-refractivity contribution in [1.29, 1.82) is 0 Å². The summed E-state index contributed by atoms with van der Waals surface area (Å²) in [5, 5.41) is 3.30. The van der Waals surface area contributed by atoms with E-state index in [1.807, 2.05) is 98.8 Å². The average molecular weight is 389 g/mol. The number of hydrogen-bond donors (Lipinski definition) is 1. The van der Waals surface area contributed by atoms with Crippen molar-refractivity contribution in [1.82, 2.24) is 5.32 Å². The lowest BCUT2D eigenvalue weighted by atomic mass is 10.0. The molecule has 0 aliphatic carbocycles. The van der Waals surface area contributed by atoms with Crippen molar-refractivity contribution in [2.24, 2.45) is 0 Å². The normalized spacial score (nSPS) is 12.8. The highest BCUT2D eigenvalue weighted by Crippen LogP contribution is 2.16. The van der Waals surface area contributed by atoms with Crippen LogP contribution < -0.4 is 14.8 Å². The maximum absolute atomic E-state index is 12.7. The molecule has 3 aromatic carbocycles. The summed E-state index contributed by atoms with van der Waals surface area (Å²) >= 11 is 0. The molecule has 0 radical (unpaired) electrons.